The van der Waals surface area contributed by atoms with Crippen molar-refractivity contribution in [3.05, 3.63) is 86.5 Å². The average molecular weight is 648 g/mol. The molecule has 16 heteroatoms. The van der Waals surface area contributed by atoms with Crippen LogP contribution in [0.3, 0.4) is 0 Å². The number of aromatic amines is 1. The molecular weight excluding hydrogens is 613 g/mol. The molecular formula is C30H34F3N6O7+. The lowest BCUT2D eigenvalue weighted by Gasteiger charge is -2.37. The second kappa shape index (κ2) is 14.9. The Hall–Kier alpha value is -4.98. The van der Waals surface area contributed by atoms with Crippen LogP contribution < -0.4 is 10.6 Å². The highest BCUT2D eigenvalue weighted by molar-refractivity contribution is 5.93. The number of aliphatic hydroxyl groups is 2. The summed E-state index contributed by atoms with van der Waals surface area (Å²) in [4.78, 5) is 36.3. The van der Waals surface area contributed by atoms with E-state index < -0.39 is 29.4 Å². The van der Waals surface area contributed by atoms with Gasteiger partial charge in [0, 0.05) is 17.8 Å². The monoisotopic (exact) mass is 647 g/mol. The highest BCUT2D eigenvalue weighted by Gasteiger charge is 2.41. The predicted molar refractivity (Wildman–Crippen MR) is 158 cm³/mol. The number of nitriles is 1. The number of halogens is 3. The van der Waals surface area contributed by atoms with Gasteiger partial charge in [0.2, 0.25) is 5.95 Å². The second-order valence-corrected chi connectivity index (χ2v) is 10.6. The number of hydrogen-bond acceptors (Lipinski definition) is 9. The molecule has 2 heterocycles. The van der Waals surface area contributed by atoms with E-state index in [4.69, 9.17) is 14.6 Å². The fourth-order valence-electron chi connectivity index (χ4n) is 5.45. The lowest BCUT2D eigenvalue weighted by atomic mass is 9.89. The molecule has 0 unspecified atom stereocenters. The summed E-state index contributed by atoms with van der Waals surface area (Å²) in [6.45, 7) is 2.22. The zero-order valence-electron chi connectivity index (χ0n) is 25.3. The van der Waals surface area contributed by atoms with E-state index in [9.17, 15) is 38.2 Å². The largest absolute Gasteiger partial charge is 0.483 e. The van der Waals surface area contributed by atoms with Crippen molar-refractivity contribution in [3.8, 4) is 6.07 Å². The highest BCUT2D eigenvalue weighted by atomic mass is 19.4. The number of aliphatic hydroxyl groups excluding tert-OH is 2. The smallest absolute Gasteiger partial charge is 0.416 e. The zero-order valence-corrected chi connectivity index (χ0v) is 25.3. The lowest BCUT2D eigenvalue weighted by Crippen LogP contribution is -2.49. The molecule has 4 rings (SSSR count). The van der Waals surface area contributed by atoms with Crippen molar-refractivity contribution in [2.24, 2.45) is 0 Å². The van der Waals surface area contributed by atoms with Crippen LogP contribution in [0.2, 0.25) is 0 Å². The molecule has 0 fully saturated rings. The number of carboxylic acid groups (broad SMARTS) is 1. The summed E-state index contributed by atoms with van der Waals surface area (Å²) in [5.74, 6) is -0.856. The Balaban J connectivity index is 0.00000185. The van der Waals surface area contributed by atoms with E-state index in [1.807, 2.05) is 7.05 Å². The molecule has 0 saturated heterocycles. The van der Waals surface area contributed by atoms with Gasteiger partial charge in [-0.1, -0.05) is 12.1 Å². The number of esters is 1. The van der Waals surface area contributed by atoms with Gasteiger partial charge in [-0.25, -0.2) is 19.3 Å². The standard InChI is InChI=1S/C29H31F3N6O5.CH2O2/c1-18-24(26(41)43-3)25(23-8-7-19(17-33)15-20(23)9-10-38(2,11-13-39)12-14-40)37-27(34-35-28(37)42)36(18)22-6-4-5-21(16-22)29(30,31)32;2-1-3/h4-8,15-16,25,39-40H,9-14H2,1-3H3;1H,(H,2,3)/p+1/t25-;/m1./s1. The van der Waals surface area contributed by atoms with Gasteiger partial charge in [-0.2, -0.15) is 18.4 Å². The Morgan fingerprint density at radius 1 is 1.17 bits per heavy atom. The van der Waals surface area contributed by atoms with Crippen molar-refractivity contribution < 1.29 is 47.3 Å². The first-order valence-corrected chi connectivity index (χ1v) is 13.9. The van der Waals surface area contributed by atoms with Crippen LogP contribution in [-0.2, 0) is 26.9 Å². The summed E-state index contributed by atoms with van der Waals surface area (Å²) in [5.41, 5.74) is -0.0132. The molecule has 1 aliphatic rings. The maximum absolute atomic E-state index is 13.6. The minimum atomic E-state index is -4.64. The number of fused-ring (bicyclic) bond motifs is 1. The van der Waals surface area contributed by atoms with E-state index in [2.05, 4.69) is 16.3 Å². The van der Waals surface area contributed by atoms with E-state index in [0.717, 1.165) is 19.2 Å². The number of quaternary nitrogens is 1. The van der Waals surface area contributed by atoms with Crippen molar-refractivity contribution in [3.63, 3.8) is 0 Å². The summed E-state index contributed by atoms with van der Waals surface area (Å²) in [6, 6.07) is 10.2. The lowest BCUT2D eigenvalue weighted by molar-refractivity contribution is -0.909. The number of ether oxygens (including phenoxy) is 1. The van der Waals surface area contributed by atoms with Crippen molar-refractivity contribution in [2.75, 3.05) is 51.9 Å². The third kappa shape index (κ3) is 7.45. The van der Waals surface area contributed by atoms with E-state index in [1.54, 1.807) is 18.2 Å². The summed E-state index contributed by atoms with van der Waals surface area (Å²) >= 11 is 0. The fraction of sp³-hybridized carbons (Fsp3) is 0.367. The van der Waals surface area contributed by atoms with Crippen molar-refractivity contribution in [1.82, 2.24) is 14.8 Å². The number of anilines is 2. The number of benzene rings is 2. The fourth-order valence-corrected chi connectivity index (χ4v) is 5.45. The molecule has 1 atom stereocenters. The Morgan fingerprint density at radius 2 is 1.83 bits per heavy atom. The van der Waals surface area contributed by atoms with Crippen LogP contribution in [0.1, 0.15) is 35.2 Å². The molecule has 13 nitrogen and oxygen atoms in total. The van der Waals surface area contributed by atoms with Crippen LogP contribution in [-0.4, -0.2) is 94.0 Å². The molecule has 46 heavy (non-hydrogen) atoms. The van der Waals surface area contributed by atoms with Crippen LogP contribution in [0.25, 0.3) is 0 Å². The molecule has 4 N–H and O–H groups in total. The topological polar surface area (TPSA) is 182 Å². The third-order valence-corrected chi connectivity index (χ3v) is 7.75. The average Bonchev–Trinajstić information content (AvgIpc) is 3.39. The van der Waals surface area contributed by atoms with Gasteiger partial charge in [0.15, 0.2) is 0 Å². The van der Waals surface area contributed by atoms with E-state index >= 15 is 0 Å². The molecule has 3 aromatic rings. The van der Waals surface area contributed by atoms with Crippen molar-refractivity contribution in [2.45, 2.75) is 25.6 Å². The number of hydrogen-bond donors (Lipinski definition) is 4. The Bertz CT molecular complexity index is 1690. The number of H-pyrrole nitrogens is 1. The minimum absolute atomic E-state index is 0.00941. The summed E-state index contributed by atoms with van der Waals surface area (Å²) in [7, 11) is 3.03. The second-order valence-electron chi connectivity index (χ2n) is 10.6. The Labute approximate surface area is 261 Å². The first kappa shape index (κ1) is 35.5. The number of aromatic nitrogens is 3. The number of likely N-dealkylation sites (N-methyl/N-ethyl adjacent to an activating group) is 1. The first-order chi connectivity index (χ1) is 21.8. The SMILES string of the molecule is COC(=O)C1=C(C)N(c2cccc(C(F)(F)F)c2)c2n[nH]c(=O)n2[C@@H]1c1ccc(C#N)cc1CC[N+](C)(CCO)CCO.O=CO. The van der Waals surface area contributed by atoms with Crippen LogP contribution in [0.5, 0.6) is 0 Å². The highest BCUT2D eigenvalue weighted by Crippen LogP contribution is 2.43. The van der Waals surface area contributed by atoms with Gasteiger partial charge in [-0.05, 0) is 48.4 Å². The van der Waals surface area contributed by atoms with Gasteiger partial charge >= 0.3 is 17.8 Å². The summed E-state index contributed by atoms with van der Waals surface area (Å²) in [5, 5.41) is 42.2. The molecule has 1 aliphatic heterocycles. The Morgan fingerprint density at radius 3 is 2.39 bits per heavy atom. The summed E-state index contributed by atoms with van der Waals surface area (Å²) in [6.07, 6.45) is -4.30. The molecule has 2 aromatic carbocycles. The number of rotatable bonds is 10. The van der Waals surface area contributed by atoms with Crippen molar-refractivity contribution in [1.29, 1.82) is 5.26 Å². The molecule has 0 amide bonds. The van der Waals surface area contributed by atoms with Gasteiger partial charge in [0.25, 0.3) is 6.47 Å². The summed E-state index contributed by atoms with van der Waals surface area (Å²) < 4.78 is 47.4. The zero-order chi connectivity index (χ0) is 34.2. The van der Waals surface area contributed by atoms with Crippen LogP contribution in [0.4, 0.5) is 24.8 Å². The maximum atomic E-state index is 13.6. The number of alkyl halides is 3. The predicted octanol–water partition coefficient (Wildman–Crippen LogP) is 2.32. The molecule has 246 valence electrons. The number of methoxy groups -OCH3 is 1. The van der Waals surface area contributed by atoms with E-state index in [-0.39, 0.29) is 42.6 Å². The normalized spacial score (nSPS) is 14.6. The molecule has 1 aromatic heterocycles. The minimum Gasteiger partial charge on any atom is -0.483 e. The number of nitrogens with one attached hydrogen (secondary N) is 1. The van der Waals surface area contributed by atoms with Crippen molar-refractivity contribution >= 4 is 24.1 Å². The van der Waals surface area contributed by atoms with Gasteiger partial charge in [0.1, 0.15) is 19.1 Å². The molecule has 0 saturated carbocycles. The number of carbonyl (C=O) groups excluding carboxylic acids is 1. The number of carbonyl (C=O) groups is 2. The number of nitrogens with zero attached hydrogens (tertiary/aromatic N) is 5. The maximum Gasteiger partial charge on any atom is 0.416 e. The van der Waals surface area contributed by atoms with Gasteiger partial charge in [-0.3, -0.25) is 9.69 Å². The molecule has 0 spiro atoms. The molecule has 0 bridgehead atoms. The third-order valence-electron chi connectivity index (χ3n) is 7.75. The van der Waals surface area contributed by atoms with Crippen LogP contribution in [0, 0.1) is 11.3 Å². The Kier molecular flexibility index (Phi) is 11.5. The van der Waals surface area contributed by atoms with Gasteiger partial charge in [-0.15, -0.1) is 5.10 Å². The van der Waals surface area contributed by atoms with Crippen LogP contribution >= 0.6 is 0 Å². The quantitative estimate of drug-likeness (QED) is 0.145. The van der Waals surface area contributed by atoms with Gasteiger partial charge < -0.3 is 24.5 Å². The first-order valence-electron chi connectivity index (χ1n) is 13.9. The van der Waals surface area contributed by atoms with Crippen LogP contribution in [0.15, 0.2) is 58.5 Å². The molecule has 0 aliphatic carbocycles. The van der Waals surface area contributed by atoms with E-state index in [0.29, 0.717) is 47.2 Å². The van der Waals surface area contributed by atoms with Gasteiger partial charge in [0.05, 0.1) is 56.7 Å². The molecule has 0 radical (unpaired) electrons. The number of allylic oxidation sites excluding steroid dienone is 1. The van der Waals surface area contributed by atoms with E-state index in [1.165, 1.54) is 28.5 Å².